The summed E-state index contributed by atoms with van der Waals surface area (Å²) in [5.41, 5.74) is 1.86. The smallest absolute Gasteiger partial charge is 0.210 e. The highest BCUT2D eigenvalue weighted by molar-refractivity contribution is 6.25. The van der Waals surface area contributed by atoms with Gasteiger partial charge in [0.1, 0.15) is 5.75 Å². The van der Waals surface area contributed by atoms with E-state index in [9.17, 15) is 9.59 Å². The van der Waals surface area contributed by atoms with E-state index in [0.29, 0.717) is 29.2 Å². The van der Waals surface area contributed by atoms with Gasteiger partial charge >= 0.3 is 0 Å². The zero-order valence-corrected chi connectivity index (χ0v) is 12.1. The van der Waals surface area contributed by atoms with Crippen molar-refractivity contribution in [2.75, 3.05) is 11.9 Å². The summed E-state index contributed by atoms with van der Waals surface area (Å²) in [4.78, 5) is 24.6. The molecule has 22 heavy (non-hydrogen) atoms. The van der Waals surface area contributed by atoms with Gasteiger partial charge in [-0.2, -0.15) is 0 Å². The Balaban J connectivity index is 1.89. The standard InChI is InChI=1S/C18H15NO3/c1-2-22-13-7-5-6-12(10-13)19-16-11-17(20)14-8-3-4-9-15(14)18(16)21/h3-11,19H,2H2,1H3. The molecule has 0 unspecified atom stereocenters. The van der Waals surface area contributed by atoms with Crippen molar-refractivity contribution >= 4 is 17.3 Å². The lowest BCUT2D eigenvalue weighted by atomic mass is 9.92. The van der Waals surface area contributed by atoms with Gasteiger partial charge in [-0.1, -0.05) is 30.3 Å². The molecule has 2 aromatic rings. The maximum atomic E-state index is 12.5. The molecule has 0 spiro atoms. The van der Waals surface area contributed by atoms with Crippen molar-refractivity contribution < 1.29 is 14.3 Å². The van der Waals surface area contributed by atoms with E-state index >= 15 is 0 Å². The molecular formula is C18H15NO3. The Kier molecular flexibility index (Phi) is 3.74. The minimum absolute atomic E-state index is 0.168. The number of hydrogen-bond donors (Lipinski definition) is 1. The number of hydrogen-bond acceptors (Lipinski definition) is 4. The zero-order valence-electron chi connectivity index (χ0n) is 12.1. The van der Waals surface area contributed by atoms with Gasteiger partial charge in [-0.3, -0.25) is 9.59 Å². The fraction of sp³-hybridized carbons (Fsp3) is 0.111. The lowest BCUT2D eigenvalue weighted by Gasteiger charge is -2.16. The molecule has 0 amide bonds. The quantitative estimate of drug-likeness (QED) is 0.938. The fourth-order valence-electron chi connectivity index (χ4n) is 2.39. The molecule has 0 aromatic heterocycles. The van der Waals surface area contributed by atoms with E-state index in [2.05, 4.69) is 5.32 Å². The van der Waals surface area contributed by atoms with Crippen LogP contribution in [0.4, 0.5) is 5.69 Å². The summed E-state index contributed by atoms with van der Waals surface area (Å²) in [6.45, 7) is 2.47. The molecule has 3 rings (SSSR count). The average Bonchev–Trinajstić information content (AvgIpc) is 2.53. The van der Waals surface area contributed by atoms with E-state index in [1.807, 2.05) is 25.1 Å². The van der Waals surface area contributed by atoms with Crippen LogP contribution in [0, 0.1) is 0 Å². The molecule has 1 aliphatic rings. The minimum Gasteiger partial charge on any atom is -0.494 e. The molecule has 1 N–H and O–H groups in total. The third-order valence-electron chi connectivity index (χ3n) is 3.38. The van der Waals surface area contributed by atoms with Crippen LogP contribution < -0.4 is 10.1 Å². The highest BCUT2D eigenvalue weighted by Crippen LogP contribution is 2.24. The SMILES string of the molecule is CCOc1cccc(NC2=CC(=O)c3ccccc3C2=O)c1. The monoisotopic (exact) mass is 293 g/mol. The number of Topliss-reactive ketones (excluding diaryl/α,β-unsaturated/α-hetero) is 1. The molecule has 0 saturated carbocycles. The van der Waals surface area contributed by atoms with Crippen LogP contribution >= 0.6 is 0 Å². The van der Waals surface area contributed by atoms with Gasteiger partial charge < -0.3 is 10.1 Å². The molecule has 1 aliphatic carbocycles. The van der Waals surface area contributed by atoms with Crippen molar-refractivity contribution in [3.8, 4) is 5.75 Å². The second-order valence-electron chi connectivity index (χ2n) is 4.88. The molecule has 0 atom stereocenters. The van der Waals surface area contributed by atoms with Gasteiger partial charge in [0.2, 0.25) is 5.78 Å². The highest BCUT2D eigenvalue weighted by atomic mass is 16.5. The second kappa shape index (κ2) is 5.85. The molecule has 0 fully saturated rings. The normalized spacial score (nSPS) is 13.4. The number of benzene rings is 2. The summed E-state index contributed by atoms with van der Waals surface area (Å²) in [5.74, 6) is 0.360. The molecule has 0 radical (unpaired) electrons. The Bertz CT molecular complexity index is 777. The number of rotatable bonds is 4. The molecule has 0 heterocycles. The highest BCUT2D eigenvalue weighted by Gasteiger charge is 2.25. The van der Waals surface area contributed by atoms with Gasteiger partial charge in [-0.15, -0.1) is 0 Å². The zero-order chi connectivity index (χ0) is 15.5. The Morgan fingerprint density at radius 3 is 2.55 bits per heavy atom. The van der Waals surface area contributed by atoms with Crippen molar-refractivity contribution in [3.63, 3.8) is 0 Å². The lowest BCUT2D eigenvalue weighted by Crippen LogP contribution is -2.21. The molecule has 4 nitrogen and oxygen atoms in total. The number of fused-ring (bicyclic) bond motifs is 1. The van der Waals surface area contributed by atoms with E-state index in [-0.39, 0.29) is 17.3 Å². The molecule has 2 aromatic carbocycles. The third kappa shape index (κ3) is 2.63. The number of ether oxygens (including phenoxy) is 1. The topological polar surface area (TPSA) is 55.4 Å². The van der Waals surface area contributed by atoms with Crippen molar-refractivity contribution in [1.29, 1.82) is 0 Å². The summed E-state index contributed by atoms with van der Waals surface area (Å²) in [6, 6.07) is 14.1. The van der Waals surface area contributed by atoms with Crippen LogP contribution in [0.2, 0.25) is 0 Å². The predicted octanol–water partition coefficient (Wildman–Crippen LogP) is 3.46. The number of carbonyl (C=O) groups excluding carboxylic acids is 2. The van der Waals surface area contributed by atoms with Crippen LogP contribution in [0.15, 0.2) is 60.3 Å². The summed E-state index contributed by atoms with van der Waals surface area (Å²) in [7, 11) is 0. The molecular weight excluding hydrogens is 278 g/mol. The maximum Gasteiger partial charge on any atom is 0.210 e. The number of nitrogens with one attached hydrogen (secondary N) is 1. The summed E-state index contributed by atoms with van der Waals surface area (Å²) >= 11 is 0. The Labute approximate surface area is 128 Å². The van der Waals surface area contributed by atoms with Gasteiger partial charge in [0.25, 0.3) is 0 Å². The van der Waals surface area contributed by atoms with Crippen molar-refractivity contribution in [2.45, 2.75) is 6.92 Å². The van der Waals surface area contributed by atoms with Gasteiger partial charge in [0.15, 0.2) is 5.78 Å². The summed E-state index contributed by atoms with van der Waals surface area (Å²) in [5, 5.41) is 3.01. The van der Waals surface area contributed by atoms with E-state index in [1.165, 1.54) is 6.08 Å². The minimum atomic E-state index is -0.183. The van der Waals surface area contributed by atoms with E-state index in [4.69, 9.17) is 4.74 Å². The molecule has 0 bridgehead atoms. The summed E-state index contributed by atoms with van der Waals surface area (Å²) < 4.78 is 5.43. The van der Waals surface area contributed by atoms with Crippen LogP contribution in [0.3, 0.4) is 0 Å². The predicted molar refractivity (Wildman–Crippen MR) is 84.4 cm³/mol. The Morgan fingerprint density at radius 2 is 1.77 bits per heavy atom. The molecule has 0 aliphatic heterocycles. The fourth-order valence-corrected chi connectivity index (χ4v) is 2.39. The number of ketones is 2. The van der Waals surface area contributed by atoms with E-state index < -0.39 is 0 Å². The van der Waals surface area contributed by atoms with Crippen LogP contribution in [0.1, 0.15) is 27.6 Å². The van der Waals surface area contributed by atoms with Gasteiger partial charge in [-0.05, 0) is 19.1 Å². The van der Waals surface area contributed by atoms with Crippen molar-refractivity contribution in [2.24, 2.45) is 0 Å². The molecule has 110 valence electrons. The third-order valence-corrected chi connectivity index (χ3v) is 3.38. The largest absolute Gasteiger partial charge is 0.494 e. The van der Waals surface area contributed by atoms with Gasteiger partial charge in [-0.25, -0.2) is 0 Å². The Morgan fingerprint density at radius 1 is 1.00 bits per heavy atom. The average molecular weight is 293 g/mol. The number of allylic oxidation sites excluding steroid dienone is 2. The number of anilines is 1. The summed E-state index contributed by atoms with van der Waals surface area (Å²) in [6.07, 6.45) is 1.35. The first-order chi connectivity index (χ1) is 10.7. The maximum absolute atomic E-state index is 12.5. The first-order valence-corrected chi connectivity index (χ1v) is 7.08. The van der Waals surface area contributed by atoms with Crippen LogP contribution in [-0.2, 0) is 0 Å². The molecule has 4 heteroatoms. The van der Waals surface area contributed by atoms with Crippen molar-refractivity contribution in [1.82, 2.24) is 0 Å². The van der Waals surface area contributed by atoms with E-state index in [0.717, 1.165) is 0 Å². The number of carbonyl (C=O) groups is 2. The van der Waals surface area contributed by atoms with Gasteiger partial charge in [0.05, 0.1) is 12.3 Å². The lowest BCUT2D eigenvalue weighted by molar-refractivity contribution is 0.0985. The van der Waals surface area contributed by atoms with Gasteiger partial charge in [0, 0.05) is 29.0 Å². The first kappa shape index (κ1) is 14.1. The molecule has 0 saturated heterocycles. The van der Waals surface area contributed by atoms with Crippen LogP contribution in [0.25, 0.3) is 0 Å². The van der Waals surface area contributed by atoms with E-state index in [1.54, 1.807) is 30.3 Å². The van der Waals surface area contributed by atoms with Crippen LogP contribution in [-0.4, -0.2) is 18.2 Å². The second-order valence-corrected chi connectivity index (χ2v) is 4.88. The Hall–Kier alpha value is -2.88. The first-order valence-electron chi connectivity index (χ1n) is 7.08. The van der Waals surface area contributed by atoms with Crippen LogP contribution in [0.5, 0.6) is 5.75 Å². The van der Waals surface area contributed by atoms with Crippen molar-refractivity contribution in [3.05, 3.63) is 71.4 Å².